The van der Waals surface area contributed by atoms with Crippen molar-refractivity contribution >= 4 is 22.6 Å². The van der Waals surface area contributed by atoms with E-state index in [4.69, 9.17) is 0 Å². The molecule has 3 heterocycles. The number of nitrogens with zero attached hydrogens (tertiary/aromatic N) is 2. The summed E-state index contributed by atoms with van der Waals surface area (Å²) >= 11 is 0. The predicted octanol–water partition coefficient (Wildman–Crippen LogP) is 2.75. The monoisotopic (exact) mass is 442 g/mol. The lowest BCUT2D eigenvalue weighted by molar-refractivity contribution is 0.0695. The highest BCUT2D eigenvalue weighted by Crippen LogP contribution is 2.41. The number of carboxylic acids is 1. The third-order valence-electron chi connectivity index (χ3n) is 6.82. The van der Waals surface area contributed by atoms with E-state index in [-0.39, 0.29) is 32.9 Å². The molecule has 1 aromatic heterocycles. The molecule has 5 rings (SSSR count). The number of halogens is 2. The van der Waals surface area contributed by atoms with E-state index in [9.17, 15) is 19.8 Å². The summed E-state index contributed by atoms with van der Waals surface area (Å²) < 4.78 is 33.2. The second kappa shape index (κ2) is 7.39. The molecule has 3 N–H and O–H groups in total. The van der Waals surface area contributed by atoms with Crippen LogP contribution in [0.2, 0.25) is 0 Å². The molecule has 0 amide bonds. The summed E-state index contributed by atoms with van der Waals surface area (Å²) in [6.07, 6.45) is 2.74. The zero-order valence-electron chi connectivity index (χ0n) is 17.1. The molecule has 2 atom stereocenters. The fraction of sp³-hybridized carbons (Fsp3) is 0.304. The second-order valence-corrected chi connectivity index (χ2v) is 8.46. The average molecular weight is 442 g/mol. The Hall–Kier alpha value is -3.30. The van der Waals surface area contributed by atoms with Crippen molar-refractivity contribution in [2.75, 3.05) is 26.2 Å². The summed E-state index contributed by atoms with van der Waals surface area (Å²) in [5.74, 6) is -3.20. The molecular formula is C23H22F2N3O4+. The number of nitrogens with one attached hydrogen (secondary N) is 1. The molecule has 2 aliphatic heterocycles. The van der Waals surface area contributed by atoms with Crippen LogP contribution in [-0.4, -0.2) is 53.0 Å². The van der Waals surface area contributed by atoms with Crippen LogP contribution in [0.4, 0.5) is 14.5 Å². The first kappa shape index (κ1) is 20.6. The number of benzene rings is 2. The number of aromatic hydroxyl groups is 1. The van der Waals surface area contributed by atoms with Crippen LogP contribution in [0.1, 0.15) is 23.2 Å². The molecule has 0 radical (unpaired) electrons. The van der Waals surface area contributed by atoms with Gasteiger partial charge in [0.15, 0.2) is 5.82 Å². The van der Waals surface area contributed by atoms with Crippen molar-refractivity contribution in [3.05, 3.63) is 63.9 Å². The van der Waals surface area contributed by atoms with Crippen molar-refractivity contribution in [2.24, 2.45) is 0 Å². The highest BCUT2D eigenvalue weighted by molar-refractivity contribution is 5.94. The minimum absolute atomic E-state index is 0.0242. The number of carboxylic acid groups (broad SMARTS) is 1. The molecule has 2 aromatic carbocycles. The van der Waals surface area contributed by atoms with E-state index in [1.54, 1.807) is 0 Å². The number of piperazine rings is 1. The van der Waals surface area contributed by atoms with E-state index in [2.05, 4.69) is 5.32 Å². The normalized spacial score (nSPS) is 22.8. The van der Waals surface area contributed by atoms with Gasteiger partial charge in [0, 0.05) is 37.8 Å². The summed E-state index contributed by atoms with van der Waals surface area (Å²) in [6, 6.07) is 6.70. The Labute approximate surface area is 181 Å². The maximum Gasteiger partial charge on any atom is 0.341 e. The molecule has 0 bridgehead atoms. The maximum atomic E-state index is 16.3. The first-order valence-corrected chi connectivity index (χ1v) is 10.5. The molecule has 2 aliphatic rings. The number of rotatable bonds is 3. The van der Waals surface area contributed by atoms with Gasteiger partial charge in [-0.1, -0.05) is 0 Å². The average Bonchev–Trinajstić information content (AvgIpc) is 3.19. The summed E-state index contributed by atoms with van der Waals surface area (Å²) in [7, 11) is 0. The third kappa shape index (κ3) is 2.92. The summed E-state index contributed by atoms with van der Waals surface area (Å²) in [5, 5.41) is 22.1. The van der Waals surface area contributed by atoms with Crippen molar-refractivity contribution in [2.45, 2.75) is 18.9 Å². The molecule has 0 saturated carbocycles. The number of hydrogen-bond donors (Lipinski definition) is 3. The van der Waals surface area contributed by atoms with Gasteiger partial charge in [0.1, 0.15) is 17.4 Å². The molecule has 2 saturated heterocycles. The molecule has 3 aromatic rings. The minimum Gasteiger partial charge on any atom is -0.508 e. The van der Waals surface area contributed by atoms with E-state index in [0.717, 1.165) is 25.1 Å². The molecular weight excluding hydrogens is 420 g/mol. The van der Waals surface area contributed by atoms with E-state index >= 15 is 8.78 Å². The molecule has 2 fully saturated rings. The quantitative estimate of drug-likeness (QED) is 0.543. The van der Waals surface area contributed by atoms with Crippen molar-refractivity contribution in [3.63, 3.8) is 0 Å². The number of fused-ring (bicyclic) bond motifs is 2. The van der Waals surface area contributed by atoms with Crippen LogP contribution < -0.4 is 15.2 Å². The fourth-order valence-corrected chi connectivity index (χ4v) is 5.35. The van der Waals surface area contributed by atoms with Crippen molar-refractivity contribution in [3.8, 4) is 11.4 Å². The Kier molecular flexibility index (Phi) is 4.75. The molecule has 9 heteroatoms. The number of phenolic OH excluding ortho intramolecular Hbond substituents is 1. The number of aromatic carboxylic acids is 1. The second-order valence-electron chi connectivity index (χ2n) is 8.46. The zero-order chi connectivity index (χ0) is 22.6. The van der Waals surface area contributed by atoms with Crippen LogP contribution in [0, 0.1) is 11.6 Å². The van der Waals surface area contributed by atoms with Gasteiger partial charge in [-0.05, 0) is 30.3 Å². The number of carbonyl (C=O) groups is 1. The topological polar surface area (TPSA) is 91.6 Å². The van der Waals surface area contributed by atoms with Crippen LogP contribution in [0.3, 0.4) is 0 Å². The number of aromatic nitrogens is 1. The maximum absolute atomic E-state index is 16.3. The highest BCUT2D eigenvalue weighted by atomic mass is 19.1. The Morgan fingerprint density at radius 2 is 1.94 bits per heavy atom. The Balaban J connectivity index is 1.88. The van der Waals surface area contributed by atoms with Gasteiger partial charge in [0.05, 0.1) is 24.0 Å². The van der Waals surface area contributed by atoms with Crippen LogP contribution in [0.15, 0.2) is 41.3 Å². The van der Waals surface area contributed by atoms with Gasteiger partial charge in [0.2, 0.25) is 16.9 Å². The Bertz CT molecular complexity index is 1310. The largest absolute Gasteiger partial charge is 0.508 e. The van der Waals surface area contributed by atoms with Gasteiger partial charge in [-0.2, -0.15) is 4.39 Å². The van der Waals surface area contributed by atoms with Gasteiger partial charge in [-0.25, -0.2) is 9.18 Å². The SMILES string of the molecule is O=C(O)c1cn(-c2ccc(O)cc2)c2c(F)c([N+]34CCCC3CNCC4)c(F)cc2c1=O. The van der Waals surface area contributed by atoms with Crippen LogP contribution in [-0.2, 0) is 0 Å². The van der Waals surface area contributed by atoms with Crippen molar-refractivity contribution < 1.29 is 23.8 Å². The van der Waals surface area contributed by atoms with Crippen LogP contribution >= 0.6 is 0 Å². The molecule has 0 aliphatic carbocycles. The summed E-state index contributed by atoms with van der Waals surface area (Å²) in [5.41, 5.74) is -1.43. The third-order valence-corrected chi connectivity index (χ3v) is 6.82. The highest BCUT2D eigenvalue weighted by Gasteiger charge is 2.49. The Morgan fingerprint density at radius 3 is 2.66 bits per heavy atom. The molecule has 0 spiro atoms. The first-order chi connectivity index (χ1) is 15.3. The molecule has 7 nitrogen and oxygen atoms in total. The smallest absolute Gasteiger partial charge is 0.341 e. The van der Waals surface area contributed by atoms with Gasteiger partial charge in [-0.15, -0.1) is 0 Å². The van der Waals surface area contributed by atoms with E-state index < -0.39 is 28.6 Å². The number of pyridine rings is 1. The number of quaternary nitrogens is 1. The lowest BCUT2D eigenvalue weighted by atomic mass is 10.0. The molecule has 166 valence electrons. The van der Waals surface area contributed by atoms with Crippen LogP contribution in [0.5, 0.6) is 5.75 Å². The standard InChI is InChI=1S/C23H21F2N3O4/c24-18-10-16-20(19(25)21(18)28-8-1-2-14(28)11-26-7-9-28)27(12-17(22(16)30)23(31)32)13-3-5-15(29)6-4-13/h3-6,10,12,14,26H,1-2,7-9,11H2,(H-,29,31,32)/p+1. The van der Waals surface area contributed by atoms with Gasteiger partial charge in [-0.3, -0.25) is 9.28 Å². The fourth-order valence-electron chi connectivity index (χ4n) is 5.35. The predicted molar refractivity (Wildman–Crippen MR) is 116 cm³/mol. The Morgan fingerprint density at radius 1 is 1.19 bits per heavy atom. The van der Waals surface area contributed by atoms with E-state index in [1.165, 1.54) is 28.8 Å². The van der Waals surface area contributed by atoms with Gasteiger partial charge < -0.3 is 20.1 Å². The van der Waals surface area contributed by atoms with Gasteiger partial charge in [0.25, 0.3) is 0 Å². The lowest BCUT2D eigenvalue weighted by Crippen LogP contribution is -2.63. The van der Waals surface area contributed by atoms with Crippen molar-refractivity contribution in [1.29, 1.82) is 0 Å². The first-order valence-electron chi connectivity index (χ1n) is 10.5. The number of phenols is 1. The van der Waals surface area contributed by atoms with Gasteiger partial charge >= 0.3 is 5.97 Å². The van der Waals surface area contributed by atoms with E-state index in [0.29, 0.717) is 31.9 Å². The summed E-state index contributed by atoms with van der Waals surface area (Å²) in [6.45, 7) is 2.40. The minimum atomic E-state index is -1.49. The van der Waals surface area contributed by atoms with E-state index in [1.807, 2.05) is 0 Å². The zero-order valence-corrected chi connectivity index (χ0v) is 17.1. The molecule has 2 unspecified atom stereocenters. The van der Waals surface area contributed by atoms with Crippen molar-refractivity contribution in [1.82, 2.24) is 14.4 Å². The lowest BCUT2D eigenvalue weighted by Gasteiger charge is -2.43. The number of hydrogen-bond acceptors (Lipinski definition) is 4. The summed E-state index contributed by atoms with van der Waals surface area (Å²) in [4.78, 5) is 24.5. The van der Waals surface area contributed by atoms with Crippen LogP contribution in [0.25, 0.3) is 16.6 Å². The molecule has 32 heavy (non-hydrogen) atoms.